The number of hydrogen-bond donors (Lipinski definition) is 1. The molecule has 0 unspecified atom stereocenters. The summed E-state index contributed by atoms with van der Waals surface area (Å²) >= 11 is 0. The van der Waals surface area contributed by atoms with Crippen LogP contribution in [0, 0.1) is 5.92 Å². The number of carbonyl (C=O) groups is 1. The molecule has 9 nitrogen and oxygen atoms in total. The van der Waals surface area contributed by atoms with Crippen LogP contribution in [0.5, 0.6) is 11.5 Å². The molecule has 1 spiro atoms. The average molecular weight is 508 g/mol. The number of hydrogen-bond acceptors (Lipinski definition) is 7. The first-order valence-electron chi connectivity index (χ1n) is 12.1. The number of methoxy groups -OCH3 is 2. The maximum absolute atomic E-state index is 13.5. The van der Waals surface area contributed by atoms with Gasteiger partial charge in [0.1, 0.15) is 11.5 Å². The number of anilines is 2. The number of benzene rings is 2. The van der Waals surface area contributed by atoms with Gasteiger partial charge in [-0.05, 0) is 61.9 Å². The third-order valence-electron chi connectivity index (χ3n) is 8.20. The minimum Gasteiger partial charge on any atom is -0.495 e. The predicted molar refractivity (Wildman–Crippen MR) is 131 cm³/mol. The van der Waals surface area contributed by atoms with E-state index in [9.17, 15) is 13.2 Å². The van der Waals surface area contributed by atoms with Gasteiger partial charge in [0, 0.05) is 34.2 Å². The maximum atomic E-state index is 13.5. The van der Waals surface area contributed by atoms with E-state index in [1.54, 1.807) is 18.2 Å². The van der Waals surface area contributed by atoms with Gasteiger partial charge >= 0.3 is 0 Å². The number of rotatable bonds is 6. The second-order valence-corrected chi connectivity index (χ2v) is 11.8. The van der Waals surface area contributed by atoms with E-state index in [1.165, 1.54) is 19.8 Å². The van der Waals surface area contributed by atoms with Crippen molar-refractivity contribution in [1.29, 1.82) is 0 Å². The van der Waals surface area contributed by atoms with Crippen LogP contribution >= 0.6 is 0 Å². The normalized spacial score (nSPS) is 22.6. The molecule has 1 amide bonds. The van der Waals surface area contributed by atoms with Crippen molar-refractivity contribution < 1.29 is 27.2 Å². The number of nitrogens with one attached hydrogen (secondary N) is 1. The van der Waals surface area contributed by atoms with Gasteiger partial charge in [0.15, 0.2) is 16.5 Å². The molecular weight excluding hydrogens is 482 g/mol. The molecule has 4 fully saturated rings. The molecule has 0 radical (unpaired) electrons. The molecule has 3 aliphatic carbocycles. The quantitative estimate of drug-likeness (QED) is 0.539. The molecule has 186 valence electrons. The first-order valence-corrected chi connectivity index (χ1v) is 13.5. The summed E-state index contributed by atoms with van der Waals surface area (Å²) in [5.74, 6) is 1.39. The summed E-state index contributed by atoms with van der Waals surface area (Å²) in [6, 6.07) is 11.2. The number of fused-ring (bicyclic) bond motifs is 5. The maximum Gasteiger partial charge on any atom is 0.270 e. The van der Waals surface area contributed by atoms with E-state index in [4.69, 9.17) is 14.0 Å². The summed E-state index contributed by atoms with van der Waals surface area (Å²) in [5, 5.41) is 4.15. The molecule has 2 saturated heterocycles. The Bertz CT molecular complexity index is 1510. The van der Waals surface area contributed by atoms with Gasteiger partial charge in [0.05, 0.1) is 14.2 Å². The Hall–Kier alpha value is -3.53. The van der Waals surface area contributed by atoms with Crippen LogP contribution < -0.4 is 19.1 Å². The molecule has 2 saturated carbocycles. The molecule has 36 heavy (non-hydrogen) atoms. The number of sulfonamides is 1. The molecular formula is C26H25N3O6S. The molecule has 3 aromatic rings. The standard InChI is InChI=1S/C26H25N3O6S/c1-33-20-4-3-5-21(34-2)23(20)36(31,32)28-24-18-13-26(8-9-26)19-7-6-15(12-17(19)22(18)35-27-24)29-16-10-14(11-16)25(29)30/h3-7,12,14,16H,8-11,13H2,1-2H3,(H,27,28). The third kappa shape index (κ3) is 2.90. The predicted octanol–water partition coefficient (Wildman–Crippen LogP) is 3.87. The first kappa shape index (κ1) is 21.7. The lowest BCUT2D eigenvalue weighted by Crippen LogP contribution is -2.30. The topological polar surface area (TPSA) is 111 Å². The van der Waals surface area contributed by atoms with Crippen molar-refractivity contribution in [1.82, 2.24) is 5.16 Å². The molecule has 10 heteroatoms. The average Bonchev–Trinajstić information content (AvgIpc) is 3.23. The Morgan fingerprint density at radius 3 is 2.44 bits per heavy atom. The molecule has 2 bridgehead atoms. The summed E-state index contributed by atoms with van der Waals surface area (Å²) < 4.78 is 45.9. The van der Waals surface area contributed by atoms with Crippen LogP contribution in [0.4, 0.5) is 11.5 Å². The molecule has 1 aromatic heterocycles. The van der Waals surface area contributed by atoms with Crippen molar-refractivity contribution in [2.45, 2.75) is 48.5 Å². The van der Waals surface area contributed by atoms with Gasteiger partial charge in [-0.2, -0.15) is 0 Å². The third-order valence-corrected chi connectivity index (χ3v) is 9.60. The van der Waals surface area contributed by atoms with Gasteiger partial charge in [-0.25, -0.2) is 8.42 Å². The van der Waals surface area contributed by atoms with Crippen LogP contribution in [0.25, 0.3) is 11.3 Å². The first-order chi connectivity index (χ1) is 17.3. The fourth-order valence-corrected chi connectivity index (χ4v) is 7.45. The second kappa shape index (κ2) is 7.25. The number of amides is 1. The van der Waals surface area contributed by atoms with Crippen LogP contribution in [-0.4, -0.2) is 39.7 Å². The molecule has 5 aliphatic rings. The highest BCUT2D eigenvalue weighted by Gasteiger charge is 2.53. The zero-order chi connectivity index (χ0) is 24.8. The van der Waals surface area contributed by atoms with Crippen molar-refractivity contribution in [3.8, 4) is 22.8 Å². The fraction of sp³-hybridized carbons (Fsp3) is 0.385. The summed E-state index contributed by atoms with van der Waals surface area (Å²) in [5.41, 5.74) is 3.59. The second-order valence-electron chi connectivity index (χ2n) is 10.2. The molecule has 2 aliphatic heterocycles. The lowest BCUT2D eigenvalue weighted by atomic mass is 9.79. The Morgan fingerprint density at radius 1 is 1.11 bits per heavy atom. The van der Waals surface area contributed by atoms with Crippen LogP contribution in [0.1, 0.15) is 36.8 Å². The van der Waals surface area contributed by atoms with Crippen molar-refractivity contribution in [3.63, 3.8) is 0 Å². The van der Waals surface area contributed by atoms with Crippen molar-refractivity contribution in [2.24, 2.45) is 5.92 Å². The van der Waals surface area contributed by atoms with Crippen molar-refractivity contribution in [3.05, 3.63) is 47.5 Å². The molecule has 8 rings (SSSR count). The highest BCUT2D eigenvalue weighted by Crippen LogP contribution is 2.59. The molecule has 0 atom stereocenters. The van der Waals surface area contributed by atoms with E-state index in [1.807, 2.05) is 17.0 Å². The van der Waals surface area contributed by atoms with Crippen LogP contribution in [0.15, 0.2) is 45.8 Å². The fourth-order valence-electron chi connectivity index (χ4n) is 6.10. The van der Waals surface area contributed by atoms with Gasteiger partial charge in [-0.15, -0.1) is 0 Å². The van der Waals surface area contributed by atoms with Crippen LogP contribution in [-0.2, 0) is 26.7 Å². The van der Waals surface area contributed by atoms with Crippen LogP contribution in [0.2, 0.25) is 0 Å². The van der Waals surface area contributed by atoms with E-state index in [0.29, 0.717) is 12.2 Å². The Morgan fingerprint density at radius 2 is 1.83 bits per heavy atom. The van der Waals surface area contributed by atoms with Crippen LogP contribution in [0.3, 0.4) is 0 Å². The molecule has 2 aromatic carbocycles. The monoisotopic (exact) mass is 507 g/mol. The number of carbonyl (C=O) groups excluding carboxylic acids is 1. The lowest BCUT2D eigenvalue weighted by Gasteiger charge is -2.28. The van der Waals surface area contributed by atoms with E-state index < -0.39 is 10.0 Å². The zero-order valence-electron chi connectivity index (χ0n) is 19.9. The number of aromatic nitrogens is 1. The van der Waals surface area contributed by atoms with Gasteiger partial charge in [-0.1, -0.05) is 17.3 Å². The summed E-state index contributed by atoms with van der Waals surface area (Å²) in [7, 11) is -1.28. The highest BCUT2D eigenvalue weighted by molar-refractivity contribution is 7.93. The SMILES string of the molecule is COc1cccc(OC)c1S(=O)(=O)Nc1noc2c1CC1(CC1)c1ccc(N3C(=O)C4CC3C4)cc1-2. The van der Waals surface area contributed by atoms with E-state index >= 15 is 0 Å². The number of ether oxygens (including phenoxy) is 2. The van der Waals surface area contributed by atoms with Gasteiger partial charge in [-0.3, -0.25) is 9.52 Å². The summed E-state index contributed by atoms with van der Waals surface area (Å²) in [4.78, 5) is 14.5. The van der Waals surface area contributed by atoms with E-state index in [-0.39, 0.29) is 45.5 Å². The molecule has 3 heterocycles. The minimum atomic E-state index is -4.10. The Labute approximate surface area is 208 Å². The van der Waals surface area contributed by atoms with Crippen molar-refractivity contribution in [2.75, 3.05) is 23.8 Å². The lowest BCUT2D eigenvalue weighted by molar-refractivity contribution is -0.119. The zero-order valence-corrected chi connectivity index (χ0v) is 20.7. The summed E-state index contributed by atoms with van der Waals surface area (Å²) in [6.45, 7) is 0. The van der Waals surface area contributed by atoms with Gasteiger partial charge < -0.3 is 18.9 Å². The Kier molecular flexibility index (Phi) is 4.38. The smallest absolute Gasteiger partial charge is 0.270 e. The highest BCUT2D eigenvalue weighted by atomic mass is 32.2. The van der Waals surface area contributed by atoms with Gasteiger partial charge in [0.25, 0.3) is 10.0 Å². The largest absolute Gasteiger partial charge is 0.495 e. The van der Waals surface area contributed by atoms with Crippen molar-refractivity contribution >= 4 is 27.4 Å². The van der Waals surface area contributed by atoms with E-state index in [0.717, 1.165) is 42.5 Å². The Balaban J connectivity index is 1.30. The minimum absolute atomic E-state index is 0.0636. The molecule has 1 N–H and O–H groups in total. The van der Waals surface area contributed by atoms with Gasteiger partial charge in [0.2, 0.25) is 5.91 Å². The number of nitrogens with zero attached hydrogens (tertiary/aromatic N) is 2. The summed E-state index contributed by atoms with van der Waals surface area (Å²) in [6.07, 6.45) is 4.48. The van der Waals surface area contributed by atoms with E-state index in [2.05, 4.69) is 15.9 Å².